The van der Waals surface area contributed by atoms with Gasteiger partial charge >= 0.3 is 0 Å². The SMILES string of the molecule is C/C=C/[C@H](C)N/N=C/c1ccc(OC)c(OC)c1. The number of hydrazone groups is 1. The van der Waals surface area contributed by atoms with Gasteiger partial charge in [0.15, 0.2) is 11.5 Å². The standard InChI is InChI=1S/C14H20N2O2/c1-5-6-11(2)16-15-10-12-7-8-13(17-3)14(9-12)18-4/h5-11,16H,1-4H3/b6-5+,15-10+/t11-/m0/s1. The van der Waals surface area contributed by atoms with Crippen LogP contribution in [0.1, 0.15) is 19.4 Å². The molecule has 0 spiro atoms. The van der Waals surface area contributed by atoms with E-state index in [-0.39, 0.29) is 6.04 Å². The average Bonchev–Trinajstić information content (AvgIpc) is 2.38. The van der Waals surface area contributed by atoms with E-state index in [9.17, 15) is 0 Å². The Kier molecular flexibility index (Phi) is 5.77. The van der Waals surface area contributed by atoms with Gasteiger partial charge in [-0.15, -0.1) is 0 Å². The Morgan fingerprint density at radius 2 is 1.94 bits per heavy atom. The molecule has 1 aromatic carbocycles. The predicted octanol–water partition coefficient (Wildman–Crippen LogP) is 2.59. The first kappa shape index (κ1) is 14.1. The van der Waals surface area contributed by atoms with Crippen LogP contribution in [-0.2, 0) is 0 Å². The van der Waals surface area contributed by atoms with E-state index < -0.39 is 0 Å². The molecule has 4 nitrogen and oxygen atoms in total. The number of methoxy groups -OCH3 is 2. The van der Waals surface area contributed by atoms with E-state index >= 15 is 0 Å². The molecule has 0 aromatic heterocycles. The zero-order chi connectivity index (χ0) is 13.4. The molecule has 1 atom stereocenters. The monoisotopic (exact) mass is 248 g/mol. The molecule has 1 rings (SSSR count). The summed E-state index contributed by atoms with van der Waals surface area (Å²) in [5, 5.41) is 4.17. The summed E-state index contributed by atoms with van der Waals surface area (Å²) in [5.74, 6) is 1.41. The molecule has 0 unspecified atom stereocenters. The quantitative estimate of drug-likeness (QED) is 0.478. The van der Waals surface area contributed by atoms with E-state index in [4.69, 9.17) is 9.47 Å². The lowest BCUT2D eigenvalue weighted by Crippen LogP contribution is -2.17. The highest BCUT2D eigenvalue weighted by molar-refractivity contribution is 5.80. The molecular formula is C14H20N2O2. The summed E-state index contributed by atoms with van der Waals surface area (Å²) in [6.07, 6.45) is 5.78. The van der Waals surface area contributed by atoms with Crippen molar-refractivity contribution in [2.75, 3.05) is 14.2 Å². The molecule has 0 heterocycles. The molecule has 0 aliphatic rings. The Hall–Kier alpha value is -1.97. The van der Waals surface area contributed by atoms with Crippen LogP contribution in [0.4, 0.5) is 0 Å². The number of allylic oxidation sites excluding steroid dienone is 1. The second kappa shape index (κ2) is 7.37. The molecule has 4 heteroatoms. The highest BCUT2D eigenvalue weighted by Crippen LogP contribution is 2.26. The van der Waals surface area contributed by atoms with Crippen molar-refractivity contribution in [1.82, 2.24) is 5.43 Å². The summed E-state index contributed by atoms with van der Waals surface area (Å²) < 4.78 is 10.4. The van der Waals surface area contributed by atoms with Crippen LogP contribution >= 0.6 is 0 Å². The van der Waals surface area contributed by atoms with Crippen molar-refractivity contribution in [3.8, 4) is 11.5 Å². The van der Waals surface area contributed by atoms with E-state index in [1.54, 1.807) is 20.4 Å². The lowest BCUT2D eigenvalue weighted by atomic mass is 10.2. The van der Waals surface area contributed by atoms with Crippen LogP contribution in [0.3, 0.4) is 0 Å². The van der Waals surface area contributed by atoms with Crippen molar-refractivity contribution in [3.63, 3.8) is 0 Å². The molecule has 98 valence electrons. The summed E-state index contributed by atoms with van der Waals surface area (Å²) >= 11 is 0. The van der Waals surface area contributed by atoms with Crippen molar-refractivity contribution in [2.24, 2.45) is 5.10 Å². The van der Waals surface area contributed by atoms with Gasteiger partial charge in [0.25, 0.3) is 0 Å². The van der Waals surface area contributed by atoms with Gasteiger partial charge < -0.3 is 14.9 Å². The minimum atomic E-state index is 0.214. The lowest BCUT2D eigenvalue weighted by molar-refractivity contribution is 0.355. The van der Waals surface area contributed by atoms with Gasteiger partial charge in [0.2, 0.25) is 0 Å². The number of rotatable bonds is 6. The minimum absolute atomic E-state index is 0.214. The zero-order valence-corrected chi connectivity index (χ0v) is 11.3. The van der Waals surface area contributed by atoms with Gasteiger partial charge in [0.05, 0.1) is 26.5 Å². The van der Waals surface area contributed by atoms with E-state index in [1.165, 1.54) is 0 Å². The number of ether oxygens (including phenoxy) is 2. The Morgan fingerprint density at radius 1 is 1.22 bits per heavy atom. The largest absolute Gasteiger partial charge is 0.493 e. The van der Waals surface area contributed by atoms with Crippen LogP contribution in [0.25, 0.3) is 0 Å². The van der Waals surface area contributed by atoms with Crippen molar-refractivity contribution < 1.29 is 9.47 Å². The second-order valence-corrected chi connectivity index (χ2v) is 3.82. The molecule has 0 bridgehead atoms. The van der Waals surface area contributed by atoms with Gasteiger partial charge in [-0.2, -0.15) is 5.10 Å². The third-order valence-electron chi connectivity index (χ3n) is 2.38. The van der Waals surface area contributed by atoms with Crippen molar-refractivity contribution >= 4 is 6.21 Å². The summed E-state index contributed by atoms with van der Waals surface area (Å²) in [7, 11) is 3.23. The lowest BCUT2D eigenvalue weighted by Gasteiger charge is -2.08. The van der Waals surface area contributed by atoms with Crippen molar-refractivity contribution in [3.05, 3.63) is 35.9 Å². The van der Waals surface area contributed by atoms with Gasteiger partial charge in [-0.05, 0) is 37.6 Å². The van der Waals surface area contributed by atoms with Gasteiger partial charge in [0, 0.05) is 0 Å². The highest BCUT2D eigenvalue weighted by atomic mass is 16.5. The minimum Gasteiger partial charge on any atom is -0.493 e. The number of benzene rings is 1. The molecule has 18 heavy (non-hydrogen) atoms. The highest BCUT2D eigenvalue weighted by Gasteiger charge is 2.02. The summed E-state index contributed by atoms with van der Waals surface area (Å²) in [5.41, 5.74) is 3.96. The van der Waals surface area contributed by atoms with Crippen molar-refractivity contribution in [2.45, 2.75) is 19.9 Å². The van der Waals surface area contributed by atoms with Crippen LogP contribution in [0.15, 0.2) is 35.5 Å². The van der Waals surface area contributed by atoms with E-state index in [0.717, 1.165) is 5.56 Å². The predicted molar refractivity (Wildman–Crippen MR) is 74.6 cm³/mol. The first-order valence-electron chi connectivity index (χ1n) is 5.84. The van der Waals surface area contributed by atoms with Crippen LogP contribution in [-0.4, -0.2) is 26.5 Å². The third kappa shape index (κ3) is 4.13. The number of hydrogen-bond donors (Lipinski definition) is 1. The Morgan fingerprint density at radius 3 is 2.56 bits per heavy atom. The fraction of sp³-hybridized carbons (Fsp3) is 0.357. The molecule has 0 fully saturated rings. The molecule has 0 saturated carbocycles. The van der Waals surface area contributed by atoms with E-state index in [2.05, 4.69) is 10.5 Å². The Bertz CT molecular complexity index is 428. The summed E-state index contributed by atoms with van der Waals surface area (Å²) in [4.78, 5) is 0. The molecule has 0 saturated heterocycles. The summed E-state index contributed by atoms with van der Waals surface area (Å²) in [6, 6.07) is 5.87. The Balaban J connectivity index is 2.70. The number of hydrogen-bond acceptors (Lipinski definition) is 4. The van der Waals surface area contributed by atoms with Crippen molar-refractivity contribution in [1.29, 1.82) is 0 Å². The average molecular weight is 248 g/mol. The summed E-state index contributed by atoms with van der Waals surface area (Å²) in [6.45, 7) is 4.02. The van der Waals surface area contributed by atoms with E-state index in [0.29, 0.717) is 11.5 Å². The normalized spacial score (nSPS) is 12.9. The van der Waals surface area contributed by atoms with Crippen LogP contribution in [0.5, 0.6) is 11.5 Å². The zero-order valence-electron chi connectivity index (χ0n) is 11.3. The fourth-order valence-corrected chi connectivity index (χ4v) is 1.49. The maximum atomic E-state index is 5.22. The molecule has 1 aromatic rings. The van der Waals surface area contributed by atoms with Gasteiger partial charge in [-0.1, -0.05) is 12.2 Å². The maximum Gasteiger partial charge on any atom is 0.161 e. The Labute approximate surface area is 108 Å². The van der Waals surface area contributed by atoms with Crippen LogP contribution < -0.4 is 14.9 Å². The molecule has 0 radical (unpaired) electrons. The van der Waals surface area contributed by atoms with Gasteiger partial charge in [-0.3, -0.25) is 0 Å². The van der Waals surface area contributed by atoms with Crippen LogP contribution in [0, 0.1) is 0 Å². The second-order valence-electron chi connectivity index (χ2n) is 3.82. The molecule has 0 aliphatic heterocycles. The topological polar surface area (TPSA) is 42.9 Å². The van der Waals surface area contributed by atoms with E-state index in [1.807, 2.05) is 44.2 Å². The number of nitrogens with one attached hydrogen (secondary N) is 1. The first-order valence-corrected chi connectivity index (χ1v) is 5.84. The molecule has 1 N–H and O–H groups in total. The number of nitrogens with zero attached hydrogens (tertiary/aromatic N) is 1. The fourth-order valence-electron chi connectivity index (χ4n) is 1.49. The van der Waals surface area contributed by atoms with Crippen LogP contribution in [0.2, 0.25) is 0 Å². The smallest absolute Gasteiger partial charge is 0.161 e. The van der Waals surface area contributed by atoms with Gasteiger partial charge in [0.1, 0.15) is 0 Å². The first-order chi connectivity index (χ1) is 8.71. The van der Waals surface area contributed by atoms with Gasteiger partial charge in [-0.25, -0.2) is 0 Å². The third-order valence-corrected chi connectivity index (χ3v) is 2.38. The maximum absolute atomic E-state index is 5.22. The molecule has 0 aliphatic carbocycles. The molecular weight excluding hydrogens is 228 g/mol. The molecule has 0 amide bonds.